The zero-order chi connectivity index (χ0) is 13.8. The quantitative estimate of drug-likeness (QED) is 0.773. The van der Waals surface area contributed by atoms with Gasteiger partial charge in [-0.05, 0) is 56.1 Å². The van der Waals surface area contributed by atoms with Crippen molar-refractivity contribution in [2.24, 2.45) is 5.73 Å². The number of hydrogen-bond donors (Lipinski definition) is 1. The minimum atomic E-state index is 0.245. The van der Waals surface area contributed by atoms with Gasteiger partial charge in [0.1, 0.15) is 0 Å². The summed E-state index contributed by atoms with van der Waals surface area (Å²) in [6.45, 7) is 0. The van der Waals surface area contributed by atoms with Crippen LogP contribution in [-0.4, -0.2) is 6.04 Å². The predicted octanol–water partition coefficient (Wildman–Crippen LogP) is 4.71. The van der Waals surface area contributed by atoms with E-state index in [1.165, 1.54) is 74.5 Å². The monoisotopic (exact) mass is 269 g/mol. The maximum Gasteiger partial charge on any atom is 0.0323 e. The van der Waals surface area contributed by atoms with Gasteiger partial charge in [0.05, 0.1) is 0 Å². The van der Waals surface area contributed by atoms with Crippen LogP contribution in [0, 0.1) is 0 Å². The van der Waals surface area contributed by atoms with Crippen LogP contribution in [0.25, 0.3) is 0 Å². The van der Waals surface area contributed by atoms with Gasteiger partial charge >= 0.3 is 0 Å². The molecule has 108 valence electrons. The van der Waals surface area contributed by atoms with Crippen LogP contribution in [0.15, 0.2) is 35.9 Å². The molecule has 0 saturated carbocycles. The fourth-order valence-corrected chi connectivity index (χ4v) is 3.94. The van der Waals surface area contributed by atoms with Gasteiger partial charge in [-0.15, -0.1) is 0 Å². The smallest absolute Gasteiger partial charge is 0.0323 e. The molecule has 2 aliphatic carbocycles. The van der Waals surface area contributed by atoms with E-state index in [0.717, 1.165) is 0 Å². The maximum absolute atomic E-state index is 6.69. The van der Waals surface area contributed by atoms with Crippen molar-refractivity contribution in [2.45, 2.75) is 69.7 Å². The second-order valence-electron chi connectivity index (χ2n) is 6.46. The number of nitrogens with two attached hydrogens (primary N) is 1. The molecule has 20 heavy (non-hydrogen) atoms. The van der Waals surface area contributed by atoms with Crippen LogP contribution in [0.5, 0.6) is 0 Å². The standard InChI is InChI=1S/C19H27N/c20-19(16-10-4-2-1-3-5-11-16)18-14-8-12-15-9-6-7-13-17(15)18/h6-7,9-10,13,18-19H,1-5,8,11-12,14,20H2/b16-10+. The Bertz CT molecular complexity index is 474. The van der Waals surface area contributed by atoms with Crippen LogP contribution in [0.3, 0.4) is 0 Å². The zero-order valence-corrected chi connectivity index (χ0v) is 12.5. The summed E-state index contributed by atoms with van der Waals surface area (Å²) < 4.78 is 0. The van der Waals surface area contributed by atoms with Gasteiger partial charge in [-0.3, -0.25) is 0 Å². The molecule has 1 aromatic carbocycles. The summed E-state index contributed by atoms with van der Waals surface area (Å²) >= 11 is 0. The number of benzene rings is 1. The summed E-state index contributed by atoms with van der Waals surface area (Å²) in [5.41, 5.74) is 11.3. The highest BCUT2D eigenvalue weighted by Crippen LogP contribution is 2.36. The lowest BCUT2D eigenvalue weighted by Gasteiger charge is -2.32. The molecule has 0 fully saturated rings. The number of fused-ring (bicyclic) bond motifs is 1. The van der Waals surface area contributed by atoms with Crippen molar-refractivity contribution in [2.75, 3.05) is 0 Å². The molecule has 2 aliphatic rings. The predicted molar refractivity (Wildman–Crippen MR) is 85.9 cm³/mol. The van der Waals surface area contributed by atoms with Crippen molar-refractivity contribution in [3.8, 4) is 0 Å². The molecule has 3 rings (SSSR count). The van der Waals surface area contributed by atoms with Gasteiger partial charge < -0.3 is 5.73 Å². The summed E-state index contributed by atoms with van der Waals surface area (Å²) in [5.74, 6) is 0.547. The zero-order valence-electron chi connectivity index (χ0n) is 12.5. The van der Waals surface area contributed by atoms with Crippen molar-refractivity contribution in [1.29, 1.82) is 0 Å². The molecule has 0 spiro atoms. The molecule has 0 bridgehead atoms. The van der Waals surface area contributed by atoms with E-state index in [9.17, 15) is 0 Å². The fourth-order valence-electron chi connectivity index (χ4n) is 3.94. The lowest BCUT2D eigenvalue weighted by molar-refractivity contribution is 0.479. The Morgan fingerprint density at radius 2 is 1.80 bits per heavy atom. The molecule has 2 unspecified atom stereocenters. The van der Waals surface area contributed by atoms with Crippen LogP contribution in [0.2, 0.25) is 0 Å². The van der Waals surface area contributed by atoms with Gasteiger partial charge in [0.15, 0.2) is 0 Å². The molecule has 0 amide bonds. The van der Waals surface area contributed by atoms with E-state index < -0.39 is 0 Å². The van der Waals surface area contributed by atoms with Crippen LogP contribution < -0.4 is 5.73 Å². The first kappa shape index (κ1) is 13.9. The Balaban J connectivity index is 1.81. The molecule has 2 N–H and O–H groups in total. The molecule has 0 aromatic heterocycles. The Hall–Kier alpha value is -1.08. The lowest BCUT2D eigenvalue weighted by Crippen LogP contribution is -2.33. The SMILES string of the molecule is NC(/C1=C/CCCCCC1)C1CCCc2ccccc21. The van der Waals surface area contributed by atoms with E-state index in [2.05, 4.69) is 30.3 Å². The van der Waals surface area contributed by atoms with Gasteiger partial charge in [0.25, 0.3) is 0 Å². The molecule has 0 heterocycles. The lowest BCUT2D eigenvalue weighted by atomic mass is 9.76. The van der Waals surface area contributed by atoms with Gasteiger partial charge in [0, 0.05) is 12.0 Å². The Morgan fingerprint density at radius 1 is 0.950 bits per heavy atom. The molecule has 2 atom stereocenters. The first-order valence-corrected chi connectivity index (χ1v) is 8.38. The molecular formula is C19H27N. The summed E-state index contributed by atoms with van der Waals surface area (Å²) in [5, 5.41) is 0. The number of aryl methyl sites for hydroxylation is 1. The maximum atomic E-state index is 6.69. The van der Waals surface area contributed by atoms with Gasteiger partial charge in [0.2, 0.25) is 0 Å². The van der Waals surface area contributed by atoms with Gasteiger partial charge in [-0.1, -0.05) is 48.8 Å². The number of hydrogen-bond acceptors (Lipinski definition) is 1. The van der Waals surface area contributed by atoms with Crippen LogP contribution in [0.4, 0.5) is 0 Å². The van der Waals surface area contributed by atoms with Crippen LogP contribution in [-0.2, 0) is 6.42 Å². The number of rotatable bonds is 2. The van der Waals surface area contributed by atoms with E-state index in [1.54, 1.807) is 0 Å². The Morgan fingerprint density at radius 3 is 2.75 bits per heavy atom. The summed E-state index contributed by atoms with van der Waals surface area (Å²) in [4.78, 5) is 0. The minimum Gasteiger partial charge on any atom is -0.324 e. The average Bonchev–Trinajstić information content (AvgIpc) is 2.46. The second kappa shape index (κ2) is 6.58. The first-order valence-electron chi connectivity index (χ1n) is 8.38. The molecule has 0 saturated heterocycles. The molecule has 0 radical (unpaired) electrons. The molecular weight excluding hydrogens is 242 g/mol. The second-order valence-corrected chi connectivity index (χ2v) is 6.46. The number of allylic oxidation sites excluding steroid dienone is 1. The highest BCUT2D eigenvalue weighted by molar-refractivity contribution is 5.36. The van der Waals surface area contributed by atoms with E-state index in [4.69, 9.17) is 5.73 Å². The largest absolute Gasteiger partial charge is 0.324 e. The van der Waals surface area contributed by atoms with Crippen molar-refractivity contribution in [3.63, 3.8) is 0 Å². The normalized spacial score (nSPS) is 27.6. The van der Waals surface area contributed by atoms with Crippen molar-refractivity contribution < 1.29 is 0 Å². The summed E-state index contributed by atoms with van der Waals surface area (Å²) in [7, 11) is 0. The average molecular weight is 269 g/mol. The third kappa shape index (κ3) is 2.98. The molecule has 0 aliphatic heterocycles. The van der Waals surface area contributed by atoms with E-state index >= 15 is 0 Å². The minimum absolute atomic E-state index is 0.245. The van der Waals surface area contributed by atoms with Crippen molar-refractivity contribution >= 4 is 0 Å². The topological polar surface area (TPSA) is 26.0 Å². The third-order valence-electron chi connectivity index (χ3n) is 5.10. The van der Waals surface area contributed by atoms with E-state index in [-0.39, 0.29) is 6.04 Å². The summed E-state index contributed by atoms with van der Waals surface area (Å²) in [6.07, 6.45) is 14.1. The Labute approximate surface area is 123 Å². The highest BCUT2D eigenvalue weighted by Gasteiger charge is 2.27. The van der Waals surface area contributed by atoms with E-state index in [0.29, 0.717) is 5.92 Å². The van der Waals surface area contributed by atoms with Crippen LogP contribution >= 0.6 is 0 Å². The van der Waals surface area contributed by atoms with Crippen molar-refractivity contribution in [1.82, 2.24) is 0 Å². The van der Waals surface area contributed by atoms with Crippen LogP contribution in [0.1, 0.15) is 68.4 Å². The summed E-state index contributed by atoms with van der Waals surface area (Å²) in [6, 6.07) is 9.19. The Kier molecular flexibility index (Phi) is 4.57. The highest BCUT2D eigenvalue weighted by atomic mass is 14.7. The van der Waals surface area contributed by atoms with Gasteiger partial charge in [-0.25, -0.2) is 0 Å². The first-order chi connectivity index (χ1) is 9.86. The molecule has 1 nitrogen and oxygen atoms in total. The molecule has 1 heteroatoms. The fraction of sp³-hybridized carbons (Fsp3) is 0.579. The van der Waals surface area contributed by atoms with E-state index in [1.807, 2.05) is 0 Å². The van der Waals surface area contributed by atoms with Gasteiger partial charge in [-0.2, -0.15) is 0 Å². The third-order valence-corrected chi connectivity index (χ3v) is 5.10. The molecule has 1 aromatic rings. The van der Waals surface area contributed by atoms with Crippen molar-refractivity contribution in [3.05, 3.63) is 47.0 Å².